The molecule has 1 heterocycles. The van der Waals surface area contributed by atoms with Gasteiger partial charge in [0.1, 0.15) is 5.82 Å². The van der Waals surface area contributed by atoms with Crippen LogP contribution in [-0.4, -0.2) is 38.2 Å². The molecule has 0 aliphatic rings. The highest BCUT2D eigenvalue weighted by Gasteiger charge is 2.14. The van der Waals surface area contributed by atoms with Crippen LogP contribution in [0.25, 0.3) is 34.7 Å². The third kappa shape index (κ3) is 4.97. The van der Waals surface area contributed by atoms with Crippen molar-refractivity contribution < 1.29 is 0 Å². The Morgan fingerprint density at radius 3 is 1.79 bits per heavy atom. The Balaban J connectivity index is 1.73. The lowest BCUT2D eigenvalue weighted by molar-refractivity contribution is 1.13. The van der Waals surface area contributed by atoms with Crippen LogP contribution >= 0.6 is 0 Å². The Bertz CT molecular complexity index is 1220. The summed E-state index contributed by atoms with van der Waals surface area (Å²) in [5, 5.41) is 8.99. The number of imidazole rings is 1. The lowest BCUT2D eigenvalue weighted by atomic mass is 10.0. The Morgan fingerprint density at radius 2 is 1.27 bits per heavy atom. The Labute approximate surface area is 195 Å². The number of aromatic nitrogens is 2. The predicted molar refractivity (Wildman–Crippen MR) is 138 cm³/mol. The average molecular weight is 434 g/mol. The number of nitrogens with one attached hydrogen (secondary N) is 1. The molecule has 0 fully saturated rings. The molecule has 4 aromatic rings. The van der Waals surface area contributed by atoms with Crippen LogP contribution in [0.1, 0.15) is 17.0 Å². The second-order valence-corrected chi connectivity index (χ2v) is 8.30. The molecule has 0 saturated heterocycles. The smallest absolute Gasteiger partial charge is 0.131 e. The van der Waals surface area contributed by atoms with Crippen molar-refractivity contribution in [2.24, 2.45) is 0 Å². The first kappa shape index (κ1) is 21.9. The van der Waals surface area contributed by atoms with Crippen molar-refractivity contribution in [3.63, 3.8) is 0 Å². The van der Waals surface area contributed by atoms with Crippen molar-refractivity contribution in [2.45, 2.75) is 0 Å². The van der Waals surface area contributed by atoms with Crippen LogP contribution in [0, 0.1) is 11.3 Å². The predicted octanol–water partition coefficient (Wildman–Crippen LogP) is 5.92. The maximum Gasteiger partial charge on any atom is 0.131 e. The van der Waals surface area contributed by atoms with E-state index in [-0.39, 0.29) is 0 Å². The maximum atomic E-state index is 8.99. The van der Waals surface area contributed by atoms with E-state index in [0.29, 0.717) is 5.56 Å². The minimum Gasteiger partial charge on any atom is -0.378 e. The standard InChI is InChI=1S/C28H27N5/c1-32(2)24-14-10-22(11-15-24)27-28(23-12-16-25(17-13-23)33(3)4)31-26(30-27)18-9-20-5-7-21(19-29)8-6-20/h5-18H,1-4H3,(H,30,31)/b18-9+. The van der Waals surface area contributed by atoms with Crippen LogP contribution in [0.4, 0.5) is 11.4 Å². The van der Waals surface area contributed by atoms with Crippen LogP contribution in [0.15, 0.2) is 72.8 Å². The highest BCUT2D eigenvalue weighted by atomic mass is 15.1. The largest absolute Gasteiger partial charge is 0.378 e. The summed E-state index contributed by atoms with van der Waals surface area (Å²) < 4.78 is 0. The minimum atomic E-state index is 0.650. The number of nitrogens with zero attached hydrogens (tertiary/aromatic N) is 4. The summed E-state index contributed by atoms with van der Waals surface area (Å²) in [6.07, 6.45) is 3.97. The van der Waals surface area contributed by atoms with Crippen molar-refractivity contribution in [3.8, 4) is 28.6 Å². The summed E-state index contributed by atoms with van der Waals surface area (Å²) in [7, 11) is 8.14. The van der Waals surface area contributed by atoms with E-state index in [1.807, 2.05) is 64.6 Å². The molecule has 5 heteroatoms. The molecule has 4 rings (SSSR count). The number of nitriles is 1. The van der Waals surface area contributed by atoms with Crippen molar-refractivity contribution >= 4 is 23.5 Å². The van der Waals surface area contributed by atoms with Gasteiger partial charge in [0.15, 0.2) is 0 Å². The fourth-order valence-corrected chi connectivity index (χ4v) is 3.58. The first-order chi connectivity index (χ1) is 15.9. The summed E-state index contributed by atoms with van der Waals surface area (Å²) in [5.74, 6) is 0.776. The van der Waals surface area contributed by atoms with Crippen molar-refractivity contribution in [1.29, 1.82) is 5.26 Å². The topological polar surface area (TPSA) is 59.0 Å². The first-order valence-corrected chi connectivity index (χ1v) is 10.8. The number of rotatable bonds is 6. The number of hydrogen-bond acceptors (Lipinski definition) is 4. The van der Waals surface area contributed by atoms with E-state index in [1.54, 1.807) is 0 Å². The number of anilines is 2. The second kappa shape index (κ2) is 9.46. The Kier molecular flexibility index (Phi) is 6.28. The molecule has 0 amide bonds. The zero-order valence-electron chi connectivity index (χ0n) is 19.4. The summed E-state index contributed by atoms with van der Waals surface area (Å²) in [6.45, 7) is 0. The summed E-state index contributed by atoms with van der Waals surface area (Å²) in [6, 6.07) is 26.5. The normalized spacial score (nSPS) is 10.9. The second-order valence-electron chi connectivity index (χ2n) is 8.30. The van der Waals surface area contributed by atoms with Crippen LogP contribution in [0.5, 0.6) is 0 Å². The number of aromatic amines is 1. The van der Waals surface area contributed by atoms with Crippen LogP contribution < -0.4 is 9.80 Å². The molecule has 3 aromatic carbocycles. The van der Waals surface area contributed by atoms with Gasteiger partial charge in [-0.1, -0.05) is 42.5 Å². The van der Waals surface area contributed by atoms with Gasteiger partial charge in [0.2, 0.25) is 0 Å². The van der Waals surface area contributed by atoms with Gasteiger partial charge >= 0.3 is 0 Å². The van der Waals surface area contributed by atoms with E-state index in [1.165, 1.54) is 0 Å². The quantitative estimate of drug-likeness (QED) is 0.410. The lowest BCUT2D eigenvalue weighted by Crippen LogP contribution is -2.08. The van der Waals surface area contributed by atoms with Gasteiger partial charge in [-0.25, -0.2) is 4.98 Å². The van der Waals surface area contributed by atoms with Gasteiger partial charge in [-0.3, -0.25) is 0 Å². The average Bonchev–Trinajstić information content (AvgIpc) is 3.27. The zero-order chi connectivity index (χ0) is 23.4. The first-order valence-electron chi connectivity index (χ1n) is 10.8. The van der Waals surface area contributed by atoms with E-state index < -0.39 is 0 Å². The van der Waals surface area contributed by atoms with Crippen molar-refractivity contribution in [2.75, 3.05) is 38.0 Å². The molecule has 0 radical (unpaired) electrons. The Morgan fingerprint density at radius 1 is 0.727 bits per heavy atom. The van der Waals surface area contributed by atoms with Gasteiger partial charge < -0.3 is 14.8 Å². The van der Waals surface area contributed by atoms with Gasteiger partial charge in [-0.05, 0) is 48.0 Å². The summed E-state index contributed by atoms with van der Waals surface area (Å²) in [5.41, 5.74) is 7.99. The summed E-state index contributed by atoms with van der Waals surface area (Å²) in [4.78, 5) is 12.6. The molecule has 1 aromatic heterocycles. The molecule has 0 bridgehead atoms. The van der Waals surface area contributed by atoms with Crippen LogP contribution in [-0.2, 0) is 0 Å². The maximum absolute atomic E-state index is 8.99. The minimum absolute atomic E-state index is 0.650. The Hall–Kier alpha value is -4.30. The molecule has 0 aliphatic heterocycles. The number of H-pyrrole nitrogens is 1. The van der Waals surface area contributed by atoms with Crippen LogP contribution in [0.3, 0.4) is 0 Å². The van der Waals surface area contributed by atoms with E-state index in [2.05, 4.69) is 69.4 Å². The monoisotopic (exact) mass is 433 g/mol. The van der Waals surface area contributed by atoms with E-state index in [9.17, 15) is 0 Å². The fraction of sp³-hybridized carbons (Fsp3) is 0.143. The number of hydrogen-bond donors (Lipinski definition) is 1. The number of benzene rings is 3. The molecule has 164 valence electrons. The third-order valence-electron chi connectivity index (χ3n) is 5.53. The molecule has 0 saturated carbocycles. The highest BCUT2D eigenvalue weighted by molar-refractivity contribution is 5.82. The van der Waals surface area contributed by atoms with E-state index in [4.69, 9.17) is 10.2 Å². The molecule has 0 aliphatic carbocycles. The molecular weight excluding hydrogens is 406 g/mol. The molecule has 1 N–H and O–H groups in total. The third-order valence-corrected chi connectivity index (χ3v) is 5.53. The van der Waals surface area contributed by atoms with Gasteiger partial charge in [0.05, 0.1) is 23.0 Å². The van der Waals surface area contributed by atoms with Crippen molar-refractivity contribution in [3.05, 3.63) is 89.7 Å². The molecule has 5 nitrogen and oxygen atoms in total. The van der Waals surface area contributed by atoms with Gasteiger partial charge in [0, 0.05) is 50.7 Å². The van der Waals surface area contributed by atoms with E-state index >= 15 is 0 Å². The highest BCUT2D eigenvalue weighted by Crippen LogP contribution is 2.32. The molecule has 0 atom stereocenters. The van der Waals surface area contributed by atoms with Gasteiger partial charge in [-0.2, -0.15) is 5.26 Å². The zero-order valence-corrected chi connectivity index (χ0v) is 19.4. The lowest BCUT2D eigenvalue weighted by Gasteiger charge is -2.13. The van der Waals surface area contributed by atoms with Gasteiger partial charge in [0.25, 0.3) is 0 Å². The molecule has 0 unspecified atom stereocenters. The molecular formula is C28H27N5. The molecule has 0 spiro atoms. The summed E-state index contributed by atoms with van der Waals surface area (Å²) >= 11 is 0. The van der Waals surface area contributed by atoms with Crippen molar-refractivity contribution in [1.82, 2.24) is 9.97 Å². The van der Waals surface area contributed by atoms with E-state index in [0.717, 1.165) is 45.3 Å². The fourth-order valence-electron chi connectivity index (χ4n) is 3.58. The molecule has 33 heavy (non-hydrogen) atoms. The SMILES string of the molecule is CN(C)c1ccc(-c2nc(/C=C/c3ccc(C#N)cc3)[nH]c2-c2ccc(N(C)C)cc2)cc1. The van der Waals surface area contributed by atoms with Crippen LogP contribution in [0.2, 0.25) is 0 Å². The van der Waals surface area contributed by atoms with Gasteiger partial charge in [-0.15, -0.1) is 0 Å².